The Labute approximate surface area is 108 Å². The van der Waals surface area contributed by atoms with Crippen LogP contribution in [-0.2, 0) is 9.84 Å². The molecule has 0 saturated carbocycles. The fraction of sp³-hybridized carbons (Fsp3) is 0.462. The van der Waals surface area contributed by atoms with Gasteiger partial charge in [0.25, 0.3) is 0 Å². The molecule has 0 fully saturated rings. The molecule has 1 N–H and O–H groups in total. The SMILES string of the molecule is CCS(=O)(=O)c1ccc(C(=O)C(C)(C)NC)cc1. The Balaban J connectivity index is 3.08. The standard InChI is InChI=1S/C13H19NO3S/c1-5-18(16,17)11-8-6-10(7-9-11)12(15)13(2,3)14-4/h6-9,14H,5H2,1-4H3. The van der Waals surface area contributed by atoms with Crippen molar-refractivity contribution in [2.24, 2.45) is 0 Å². The van der Waals surface area contributed by atoms with Crippen LogP contribution >= 0.6 is 0 Å². The maximum absolute atomic E-state index is 12.1. The fourth-order valence-corrected chi connectivity index (χ4v) is 2.34. The van der Waals surface area contributed by atoms with Crippen LogP contribution in [0.3, 0.4) is 0 Å². The first-order chi connectivity index (χ1) is 8.24. The van der Waals surface area contributed by atoms with E-state index in [0.29, 0.717) is 5.56 Å². The van der Waals surface area contributed by atoms with Crippen LogP contribution in [0.15, 0.2) is 29.2 Å². The van der Waals surface area contributed by atoms with Crippen LogP contribution in [0, 0.1) is 0 Å². The summed E-state index contributed by atoms with van der Waals surface area (Å²) in [6, 6.07) is 6.09. The van der Waals surface area contributed by atoms with Gasteiger partial charge < -0.3 is 5.32 Å². The molecular weight excluding hydrogens is 250 g/mol. The summed E-state index contributed by atoms with van der Waals surface area (Å²) in [5, 5.41) is 2.93. The largest absolute Gasteiger partial charge is 0.308 e. The van der Waals surface area contributed by atoms with E-state index in [2.05, 4.69) is 5.32 Å². The minimum Gasteiger partial charge on any atom is -0.308 e. The summed E-state index contributed by atoms with van der Waals surface area (Å²) in [5.74, 6) is -0.00656. The highest BCUT2D eigenvalue weighted by Crippen LogP contribution is 2.16. The molecule has 0 spiro atoms. The maximum atomic E-state index is 12.1. The van der Waals surface area contributed by atoms with Crippen molar-refractivity contribution in [3.8, 4) is 0 Å². The average Bonchev–Trinajstić information content (AvgIpc) is 2.38. The first-order valence-corrected chi connectivity index (χ1v) is 7.46. The van der Waals surface area contributed by atoms with Gasteiger partial charge in [-0.15, -0.1) is 0 Å². The summed E-state index contributed by atoms with van der Waals surface area (Å²) < 4.78 is 23.3. The molecule has 100 valence electrons. The van der Waals surface area contributed by atoms with E-state index in [0.717, 1.165) is 0 Å². The van der Waals surface area contributed by atoms with E-state index in [-0.39, 0.29) is 16.4 Å². The van der Waals surface area contributed by atoms with Crippen LogP contribution in [0.4, 0.5) is 0 Å². The monoisotopic (exact) mass is 269 g/mol. The number of carbonyl (C=O) groups is 1. The van der Waals surface area contributed by atoms with Gasteiger partial charge in [0.2, 0.25) is 0 Å². The zero-order chi connectivity index (χ0) is 14.0. The molecule has 0 aromatic heterocycles. The highest BCUT2D eigenvalue weighted by molar-refractivity contribution is 7.91. The van der Waals surface area contributed by atoms with Crippen LogP contribution < -0.4 is 5.32 Å². The summed E-state index contributed by atoms with van der Waals surface area (Å²) in [6.07, 6.45) is 0. The zero-order valence-corrected chi connectivity index (χ0v) is 12.0. The Morgan fingerprint density at radius 1 is 1.22 bits per heavy atom. The molecule has 1 rings (SSSR count). The molecule has 0 saturated heterocycles. The van der Waals surface area contributed by atoms with Gasteiger partial charge >= 0.3 is 0 Å². The number of benzene rings is 1. The maximum Gasteiger partial charge on any atom is 0.182 e. The molecule has 0 heterocycles. The lowest BCUT2D eigenvalue weighted by molar-refractivity contribution is 0.0889. The highest BCUT2D eigenvalue weighted by atomic mass is 32.2. The van der Waals surface area contributed by atoms with Crippen molar-refractivity contribution in [2.45, 2.75) is 31.2 Å². The highest BCUT2D eigenvalue weighted by Gasteiger charge is 2.26. The summed E-state index contributed by atoms with van der Waals surface area (Å²) in [6.45, 7) is 5.16. The van der Waals surface area contributed by atoms with Crippen LogP contribution in [-0.4, -0.2) is 32.5 Å². The van der Waals surface area contributed by atoms with Gasteiger partial charge in [0, 0.05) is 5.56 Å². The van der Waals surface area contributed by atoms with Crippen molar-refractivity contribution in [3.05, 3.63) is 29.8 Å². The van der Waals surface area contributed by atoms with E-state index in [1.807, 2.05) is 0 Å². The summed E-state index contributed by atoms with van der Waals surface area (Å²) in [7, 11) is -1.49. The number of rotatable bonds is 5. The zero-order valence-electron chi connectivity index (χ0n) is 11.1. The summed E-state index contributed by atoms with van der Waals surface area (Å²) in [5.41, 5.74) is -0.157. The molecule has 5 heteroatoms. The van der Waals surface area contributed by atoms with E-state index in [4.69, 9.17) is 0 Å². The van der Waals surface area contributed by atoms with Crippen LogP contribution in [0.25, 0.3) is 0 Å². The first kappa shape index (κ1) is 14.9. The molecular formula is C13H19NO3S. The minimum absolute atomic E-state index is 0.0578. The predicted octanol–water partition coefficient (Wildman–Crippen LogP) is 1.66. The molecule has 4 nitrogen and oxygen atoms in total. The summed E-state index contributed by atoms with van der Waals surface area (Å²) >= 11 is 0. The molecule has 0 aliphatic carbocycles. The molecule has 0 aliphatic heterocycles. The second kappa shape index (κ2) is 5.20. The Morgan fingerprint density at radius 3 is 2.11 bits per heavy atom. The van der Waals surface area contributed by atoms with Crippen LogP contribution in [0.5, 0.6) is 0 Å². The molecule has 0 unspecified atom stereocenters. The van der Waals surface area contributed by atoms with Crippen molar-refractivity contribution in [1.82, 2.24) is 5.32 Å². The van der Waals surface area contributed by atoms with E-state index in [9.17, 15) is 13.2 Å². The normalized spacial score (nSPS) is 12.4. The third-order valence-corrected chi connectivity index (χ3v) is 4.80. The smallest absolute Gasteiger partial charge is 0.182 e. The molecule has 0 bridgehead atoms. The Hall–Kier alpha value is -1.20. The lowest BCUT2D eigenvalue weighted by atomic mass is 9.93. The van der Waals surface area contributed by atoms with E-state index < -0.39 is 15.4 Å². The lowest BCUT2D eigenvalue weighted by Crippen LogP contribution is -2.44. The second-order valence-corrected chi connectivity index (χ2v) is 6.91. The van der Waals surface area contributed by atoms with Crippen LogP contribution in [0.2, 0.25) is 0 Å². The van der Waals surface area contributed by atoms with E-state index in [1.165, 1.54) is 12.1 Å². The molecule has 1 aromatic rings. The van der Waals surface area contributed by atoms with Crippen molar-refractivity contribution in [1.29, 1.82) is 0 Å². The van der Waals surface area contributed by atoms with Gasteiger partial charge in [0.05, 0.1) is 16.2 Å². The van der Waals surface area contributed by atoms with Gasteiger partial charge in [-0.1, -0.05) is 19.1 Å². The number of hydrogen-bond donors (Lipinski definition) is 1. The first-order valence-electron chi connectivity index (χ1n) is 5.81. The van der Waals surface area contributed by atoms with Crippen LogP contribution in [0.1, 0.15) is 31.1 Å². The molecule has 0 atom stereocenters. The lowest BCUT2D eigenvalue weighted by Gasteiger charge is -2.22. The molecule has 0 aliphatic rings. The van der Waals surface area contributed by atoms with E-state index in [1.54, 1.807) is 40.0 Å². The number of sulfone groups is 1. The number of hydrogen-bond acceptors (Lipinski definition) is 4. The van der Waals surface area contributed by atoms with Gasteiger partial charge in [-0.25, -0.2) is 8.42 Å². The van der Waals surface area contributed by atoms with Crippen molar-refractivity contribution < 1.29 is 13.2 Å². The third kappa shape index (κ3) is 2.97. The van der Waals surface area contributed by atoms with Gasteiger partial charge in [0.15, 0.2) is 15.6 Å². The number of carbonyl (C=O) groups excluding carboxylic acids is 1. The quantitative estimate of drug-likeness (QED) is 0.826. The van der Waals surface area contributed by atoms with Crippen molar-refractivity contribution in [2.75, 3.05) is 12.8 Å². The van der Waals surface area contributed by atoms with Gasteiger partial charge in [-0.3, -0.25) is 4.79 Å². The molecule has 0 amide bonds. The predicted molar refractivity (Wildman–Crippen MR) is 71.6 cm³/mol. The van der Waals surface area contributed by atoms with Gasteiger partial charge in [-0.05, 0) is 33.0 Å². The molecule has 0 radical (unpaired) electrons. The van der Waals surface area contributed by atoms with Crippen molar-refractivity contribution in [3.63, 3.8) is 0 Å². The Bertz CT molecular complexity index is 530. The summed E-state index contributed by atoms with van der Waals surface area (Å²) in [4.78, 5) is 12.4. The average molecular weight is 269 g/mol. The van der Waals surface area contributed by atoms with Crippen molar-refractivity contribution >= 4 is 15.6 Å². The number of nitrogens with one attached hydrogen (secondary N) is 1. The Morgan fingerprint density at radius 2 is 1.72 bits per heavy atom. The topological polar surface area (TPSA) is 63.2 Å². The minimum atomic E-state index is -3.21. The number of ketones is 1. The molecule has 18 heavy (non-hydrogen) atoms. The van der Waals surface area contributed by atoms with E-state index >= 15 is 0 Å². The number of likely N-dealkylation sites (N-methyl/N-ethyl adjacent to an activating group) is 1. The van der Waals surface area contributed by atoms with Gasteiger partial charge in [0.1, 0.15) is 0 Å². The fourth-order valence-electron chi connectivity index (χ4n) is 1.45. The Kier molecular flexibility index (Phi) is 4.29. The molecule has 1 aromatic carbocycles. The van der Waals surface area contributed by atoms with Gasteiger partial charge in [-0.2, -0.15) is 0 Å². The second-order valence-electron chi connectivity index (χ2n) is 4.63. The third-order valence-electron chi connectivity index (χ3n) is 3.05. The number of Topliss-reactive ketones (excluding diaryl/α,β-unsaturated/α-hetero) is 1.